The zero-order chi connectivity index (χ0) is 24.0. The average Bonchev–Trinajstić information content (AvgIpc) is 2.91. The van der Waals surface area contributed by atoms with Gasteiger partial charge in [0.15, 0.2) is 0 Å². The Kier molecular flexibility index (Phi) is 7.21. The van der Waals surface area contributed by atoms with Gasteiger partial charge in [0.05, 0.1) is 16.8 Å². The first-order valence-corrected chi connectivity index (χ1v) is 12.4. The molecule has 1 aliphatic heterocycles. The largest absolute Gasteiger partial charge is 0.369 e. The van der Waals surface area contributed by atoms with Crippen molar-refractivity contribution in [3.8, 4) is 11.3 Å². The van der Waals surface area contributed by atoms with Crippen LogP contribution in [0.15, 0.2) is 79.1 Å². The summed E-state index contributed by atoms with van der Waals surface area (Å²) in [6.07, 6.45) is 4.38. The van der Waals surface area contributed by atoms with E-state index in [1.807, 2.05) is 60.7 Å². The highest BCUT2D eigenvalue weighted by molar-refractivity contribution is 6.30. The van der Waals surface area contributed by atoms with Gasteiger partial charge in [-0.25, -0.2) is 4.98 Å². The van der Waals surface area contributed by atoms with E-state index >= 15 is 0 Å². The van der Waals surface area contributed by atoms with Crippen molar-refractivity contribution in [1.82, 2.24) is 20.2 Å². The van der Waals surface area contributed by atoms with Crippen molar-refractivity contribution in [3.05, 3.63) is 89.7 Å². The molecule has 0 radical (unpaired) electrons. The van der Waals surface area contributed by atoms with Crippen LogP contribution < -0.4 is 10.2 Å². The number of carbonyl (C=O) groups is 1. The number of hydrogen-bond acceptors (Lipinski definition) is 5. The smallest absolute Gasteiger partial charge is 0.252 e. The lowest BCUT2D eigenvalue weighted by molar-refractivity contribution is 0.0953. The first-order valence-electron chi connectivity index (χ1n) is 12.0. The number of piperazine rings is 1. The molecule has 0 unspecified atom stereocenters. The number of fused-ring (bicyclic) bond motifs is 1. The van der Waals surface area contributed by atoms with Crippen LogP contribution in [0, 0.1) is 0 Å². The maximum absolute atomic E-state index is 13.1. The Morgan fingerprint density at radius 2 is 1.74 bits per heavy atom. The van der Waals surface area contributed by atoms with Crippen LogP contribution in [0.25, 0.3) is 22.2 Å². The van der Waals surface area contributed by atoms with Crippen LogP contribution in [-0.4, -0.2) is 60.0 Å². The molecule has 0 spiro atoms. The minimum absolute atomic E-state index is 0.0651. The zero-order valence-corrected chi connectivity index (χ0v) is 20.3. The van der Waals surface area contributed by atoms with Gasteiger partial charge in [-0.15, -0.1) is 0 Å². The number of pyridine rings is 2. The molecule has 7 heteroatoms. The predicted molar refractivity (Wildman–Crippen MR) is 142 cm³/mol. The number of anilines is 1. The van der Waals surface area contributed by atoms with Crippen LogP contribution in [-0.2, 0) is 0 Å². The Bertz CT molecular complexity index is 1310. The first kappa shape index (κ1) is 23.3. The Morgan fingerprint density at radius 1 is 0.943 bits per heavy atom. The molecule has 1 aliphatic rings. The van der Waals surface area contributed by atoms with Gasteiger partial charge in [-0.2, -0.15) is 0 Å². The predicted octanol–water partition coefficient (Wildman–Crippen LogP) is 4.89. The van der Waals surface area contributed by atoms with Gasteiger partial charge in [-0.3, -0.25) is 14.7 Å². The van der Waals surface area contributed by atoms with Gasteiger partial charge in [0.25, 0.3) is 5.91 Å². The van der Waals surface area contributed by atoms with E-state index in [9.17, 15) is 4.79 Å². The number of amides is 1. The van der Waals surface area contributed by atoms with Crippen molar-refractivity contribution >= 4 is 34.1 Å². The summed E-state index contributed by atoms with van der Waals surface area (Å²) < 4.78 is 0. The second-order valence-corrected chi connectivity index (χ2v) is 9.16. The molecule has 178 valence electrons. The average molecular weight is 486 g/mol. The summed E-state index contributed by atoms with van der Waals surface area (Å²) >= 11 is 6.14. The van der Waals surface area contributed by atoms with Crippen LogP contribution in [0.5, 0.6) is 0 Å². The molecule has 0 atom stereocenters. The third kappa shape index (κ3) is 5.61. The molecule has 0 bridgehead atoms. The van der Waals surface area contributed by atoms with E-state index in [4.69, 9.17) is 16.6 Å². The Morgan fingerprint density at radius 3 is 2.54 bits per heavy atom. The lowest BCUT2D eigenvalue weighted by Gasteiger charge is -2.36. The molecule has 35 heavy (non-hydrogen) atoms. The van der Waals surface area contributed by atoms with Crippen LogP contribution in [0.1, 0.15) is 16.8 Å². The quantitative estimate of drug-likeness (QED) is 0.377. The summed E-state index contributed by atoms with van der Waals surface area (Å²) in [4.78, 5) is 26.8. The Labute approximate surface area is 210 Å². The van der Waals surface area contributed by atoms with E-state index in [0.29, 0.717) is 12.1 Å². The number of nitrogens with one attached hydrogen (secondary N) is 1. The maximum atomic E-state index is 13.1. The molecule has 6 nitrogen and oxygen atoms in total. The van der Waals surface area contributed by atoms with Gasteiger partial charge in [0, 0.05) is 66.8 Å². The second-order valence-electron chi connectivity index (χ2n) is 8.73. The maximum Gasteiger partial charge on any atom is 0.252 e. The second kappa shape index (κ2) is 10.8. The minimum atomic E-state index is -0.0651. The number of aromatic nitrogens is 2. The van der Waals surface area contributed by atoms with E-state index in [1.54, 1.807) is 12.4 Å². The van der Waals surface area contributed by atoms with Crippen LogP contribution in [0.2, 0.25) is 5.02 Å². The topological polar surface area (TPSA) is 61.4 Å². The van der Waals surface area contributed by atoms with Gasteiger partial charge >= 0.3 is 0 Å². The fourth-order valence-electron chi connectivity index (χ4n) is 4.54. The van der Waals surface area contributed by atoms with Crippen LogP contribution in [0.3, 0.4) is 0 Å². The molecule has 0 aliphatic carbocycles. The zero-order valence-electron chi connectivity index (χ0n) is 19.5. The summed E-state index contributed by atoms with van der Waals surface area (Å²) in [5.74, 6) is -0.0651. The number of nitrogens with zero attached hydrogens (tertiary/aromatic N) is 4. The molecule has 5 rings (SSSR count). The minimum Gasteiger partial charge on any atom is -0.369 e. The molecular weight excluding hydrogens is 458 g/mol. The highest BCUT2D eigenvalue weighted by Crippen LogP contribution is 2.25. The van der Waals surface area contributed by atoms with E-state index in [2.05, 4.69) is 26.2 Å². The van der Waals surface area contributed by atoms with Crippen molar-refractivity contribution < 1.29 is 4.79 Å². The Balaban J connectivity index is 1.16. The molecule has 4 aromatic rings. The molecule has 2 aromatic carbocycles. The number of para-hydroxylation sites is 1. The summed E-state index contributed by atoms with van der Waals surface area (Å²) in [5.41, 5.74) is 4.35. The van der Waals surface area contributed by atoms with Gasteiger partial charge < -0.3 is 10.2 Å². The van der Waals surface area contributed by atoms with E-state index in [0.717, 1.165) is 66.3 Å². The molecular formula is C28H28ClN5O. The SMILES string of the molecule is O=C(NCCCN1CCN(c2cccc(Cl)c2)CC1)c1cc(-c2ccncc2)nc2ccccc12. The molecule has 0 saturated carbocycles. The lowest BCUT2D eigenvalue weighted by Crippen LogP contribution is -2.47. The number of carbonyl (C=O) groups excluding carboxylic acids is 1. The van der Waals surface area contributed by atoms with Gasteiger partial charge in [-0.1, -0.05) is 35.9 Å². The number of hydrogen-bond donors (Lipinski definition) is 1. The fourth-order valence-corrected chi connectivity index (χ4v) is 4.72. The summed E-state index contributed by atoms with van der Waals surface area (Å²) in [5, 5.41) is 4.75. The monoisotopic (exact) mass is 485 g/mol. The van der Waals surface area contributed by atoms with E-state index < -0.39 is 0 Å². The third-order valence-electron chi connectivity index (χ3n) is 6.42. The summed E-state index contributed by atoms with van der Waals surface area (Å²) in [6, 6.07) is 21.5. The first-order chi connectivity index (χ1) is 17.2. The third-order valence-corrected chi connectivity index (χ3v) is 6.65. The molecule has 2 aromatic heterocycles. The standard InChI is InChI=1S/C28H28ClN5O/c29-22-5-3-6-23(19-22)34-17-15-33(16-18-34)14-4-11-31-28(35)25-20-27(21-9-12-30-13-10-21)32-26-8-2-1-7-24(25)26/h1-3,5-10,12-13,19-20H,4,11,14-18H2,(H,31,35). The van der Waals surface area contributed by atoms with Crippen LogP contribution in [0.4, 0.5) is 5.69 Å². The van der Waals surface area contributed by atoms with Gasteiger partial charge in [0.1, 0.15) is 0 Å². The van der Waals surface area contributed by atoms with Crippen LogP contribution >= 0.6 is 11.6 Å². The highest BCUT2D eigenvalue weighted by Gasteiger charge is 2.18. The van der Waals surface area contributed by atoms with Crippen molar-refractivity contribution in [1.29, 1.82) is 0 Å². The van der Waals surface area contributed by atoms with E-state index in [1.165, 1.54) is 5.69 Å². The molecule has 1 amide bonds. The summed E-state index contributed by atoms with van der Waals surface area (Å²) in [6.45, 7) is 5.56. The van der Waals surface area contributed by atoms with Crippen molar-refractivity contribution in [2.24, 2.45) is 0 Å². The van der Waals surface area contributed by atoms with Crippen molar-refractivity contribution in [2.75, 3.05) is 44.2 Å². The number of halogens is 1. The lowest BCUT2D eigenvalue weighted by atomic mass is 10.0. The highest BCUT2D eigenvalue weighted by atomic mass is 35.5. The normalized spacial score (nSPS) is 14.3. The molecule has 1 fully saturated rings. The fraction of sp³-hybridized carbons (Fsp3) is 0.250. The Hall–Kier alpha value is -3.48. The van der Waals surface area contributed by atoms with Gasteiger partial charge in [0.2, 0.25) is 0 Å². The summed E-state index contributed by atoms with van der Waals surface area (Å²) in [7, 11) is 0. The molecule has 1 N–H and O–H groups in total. The molecule has 3 heterocycles. The van der Waals surface area contributed by atoms with Crippen molar-refractivity contribution in [2.45, 2.75) is 6.42 Å². The van der Waals surface area contributed by atoms with E-state index in [-0.39, 0.29) is 5.91 Å². The molecule has 1 saturated heterocycles. The number of rotatable bonds is 7. The van der Waals surface area contributed by atoms with Gasteiger partial charge in [-0.05, 0) is 55.4 Å². The van der Waals surface area contributed by atoms with Crippen molar-refractivity contribution in [3.63, 3.8) is 0 Å². The number of benzene rings is 2.